The molecule has 0 saturated carbocycles. The van der Waals surface area contributed by atoms with Gasteiger partial charge >= 0.3 is 0 Å². The molecule has 0 N–H and O–H groups in total. The summed E-state index contributed by atoms with van der Waals surface area (Å²) < 4.78 is 9.77. The molecule has 0 aliphatic carbocycles. The summed E-state index contributed by atoms with van der Waals surface area (Å²) in [5.41, 5.74) is 2.41. The van der Waals surface area contributed by atoms with Crippen LogP contribution in [0.15, 0.2) is 24.3 Å². The summed E-state index contributed by atoms with van der Waals surface area (Å²) in [5, 5.41) is 0.813. The third-order valence-electron chi connectivity index (χ3n) is 5.45. The second kappa shape index (κ2) is 11.2. The van der Waals surface area contributed by atoms with Gasteiger partial charge < -0.3 is 19.4 Å². The van der Waals surface area contributed by atoms with Crippen molar-refractivity contribution < 1.29 is 14.3 Å². The summed E-state index contributed by atoms with van der Waals surface area (Å²) in [6.07, 6.45) is 1.09. The van der Waals surface area contributed by atoms with Crippen LogP contribution in [0.2, 0.25) is 0 Å². The topological polar surface area (TPSA) is 78.9 Å². The van der Waals surface area contributed by atoms with E-state index in [9.17, 15) is 9.59 Å². The van der Waals surface area contributed by atoms with Crippen LogP contribution in [0.1, 0.15) is 30.3 Å². The second-order valence-corrected chi connectivity index (χ2v) is 8.50. The van der Waals surface area contributed by atoms with Crippen molar-refractivity contribution in [2.75, 3.05) is 57.9 Å². The van der Waals surface area contributed by atoms with Gasteiger partial charge in [-0.05, 0) is 12.5 Å². The van der Waals surface area contributed by atoms with E-state index in [0.717, 1.165) is 11.0 Å². The lowest BCUT2D eigenvalue weighted by Gasteiger charge is -2.34. The minimum Gasteiger partial charge on any atom is -0.383 e. The maximum Gasteiger partial charge on any atom is 0.224 e. The number of benzene rings is 1. The highest BCUT2D eigenvalue weighted by Crippen LogP contribution is 2.20. The van der Waals surface area contributed by atoms with Gasteiger partial charge in [0.2, 0.25) is 16.9 Å². The molecule has 3 rings (SSSR count). The molecule has 168 valence electrons. The first-order chi connectivity index (χ1) is 15.0. The summed E-state index contributed by atoms with van der Waals surface area (Å²) in [6, 6.07) is 8.39. The van der Waals surface area contributed by atoms with Crippen molar-refractivity contribution in [1.82, 2.24) is 19.2 Å². The fourth-order valence-corrected chi connectivity index (χ4v) is 4.23. The lowest BCUT2D eigenvalue weighted by Crippen LogP contribution is -2.50. The highest BCUT2D eigenvalue weighted by molar-refractivity contribution is 7.09. The average molecular weight is 446 g/mol. The number of nitrogens with zero attached hydrogens (tertiary/aromatic N) is 5. The van der Waals surface area contributed by atoms with Crippen LogP contribution >= 0.6 is 11.5 Å². The molecule has 9 heteroatoms. The van der Waals surface area contributed by atoms with Gasteiger partial charge in [0, 0.05) is 77.7 Å². The number of amides is 2. The van der Waals surface area contributed by atoms with E-state index in [1.54, 1.807) is 18.9 Å². The van der Waals surface area contributed by atoms with Crippen molar-refractivity contribution in [1.29, 1.82) is 0 Å². The molecule has 2 aromatic rings. The Morgan fingerprint density at radius 2 is 1.77 bits per heavy atom. The van der Waals surface area contributed by atoms with Crippen LogP contribution in [0, 0.1) is 6.92 Å². The average Bonchev–Trinajstić information content (AvgIpc) is 3.23. The third-order valence-corrected chi connectivity index (χ3v) is 6.26. The van der Waals surface area contributed by atoms with Gasteiger partial charge in [-0.2, -0.15) is 4.37 Å². The Hall–Kier alpha value is -2.52. The predicted octanol–water partition coefficient (Wildman–Crippen LogP) is 1.97. The molecule has 0 radical (unpaired) electrons. The smallest absolute Gasteiger partial charge is 0.224 e. The van der Waals surface area contributed by atoms with E-state index in [2.05, 4.69) is 40.5 Å². The summed E-state index contributed by atoms with van der Waals surface area (Å²) in [7, 11) is 1.67. The van der Waals surface area contributed by atoms with Crippen molar-refractivity contribution in [2.45, 2.75) is 26.7 Å². The predicted molar refractivity (Wildman–Crippen MR) is 121 cm³/mol. The number of ether oxygens (including phenoxy) is 1. The fraction of sp³-hybridized carbons (Fsp3) is 0.545. The van der Waals surface area contributed by atoms with Gasteiger partial charge in [-0.3, -0.25) is 9.59 Å². The molecule has 1 saturated heterocycles. The zero-order valence-electron chi connectivity index (χ0n) is 18.5. The number of rotatable bonds is 9. The molecule has 0 spiro atoms. The molecule has 1 aliphatic heterocycles. The molecule has 1 aliphatic rings. The van der Waals surface area contributed by atoms with E-state index in [1.807, 2.05) is 4.90 Å². The maximum atomic E-state index is 12.7. The summed E-state index contributed by atoms with van der Waals surface area (Å²) in [4.78, 5) is 34.6. The van der Waals surface area contributed by atoms with E-state index in [0.29, 0.717) is 58.7 Å². The highest BCUT2D eigenvalue weighted by atomic mass is 32.1. The van der Waals surface area contributed by atoms with Crippen LogP contribution < -0.4 is 4.90 Å². The largest absolute Gasteiger partial charge is 0.383 e. The molecule has 31 heavy (non-hydrogen) atoms. The Labute approximate surface area is 188 Å². The molecule has 2 amide bonds. The van der Waals surface area contributed by atoms with Crippen LogP contribution in [-0.2, 0) is 20.7 Å². The lowest BCUT2D eigenvalue weighted by atomic mass is 10.1. The summed E-state index contributed by atoms with van der Waals surface area (Å²) in [5.74, 6) is 0.962. The number of carbonyl (C=O) groups excluding carboxylic acids is 2. The number of hydrogen-bond donors (Lipinski definition) is 0. The lowest BCUT2D eigenvalue weighted by molar-refractivity contribution is -0.138. The Morgan fingerprint density at radius 1 is 1.10 bits per heavy atom. The van der Waals surface area contributed by atoms with Crippen LogP contribution in [-0.4, -0.2) is 84.0 Å². The maximum absolute atomic E-state index is 12.7. The van der Waals surface area contributed by atoms with Gasteiger partial charge in [0.1, 0.15) is 5.82 Å². The van der Waals surface area contributed by atoms with E-state index >= 15 is 0 Å². The standard InChI is InChI=1S/C22H31N5O3S/c1-17-4-6-19(7-5-17)16-20-23-22(31-24-20)27(14-15-30-3)9-8-21(29)26-12-10-25(11-13-26)18(2)28/h4-7H,8-16H2,1-3H3. The number of hydrogen-bond acceptors (Lipinski definition) is 7. The Balaban J connectivity index is 1.56. The van der Waals surface area contributed by atoms with E-state index in [-0.39, 0.29) is 11.8 Å². The van der Waals surface area contributed by atoms with Crippen LogP contribution in [0.4, 0.5) is 5.13 Å². The first-order valence-corrected chi connectivity index (χ1v) is 11.4. The Bertz CT molecular complexity index is 862. The molecule has 8 nitrogen and oxygen atoms in total. The number of carbonyl (C=O) groups is 2. The monoisotopic (exact) mass is 445 g/mol. The molecule has 0 bridgehead atoms. The van der Waals surface area contributed by atoms with Crippen molar-refractivity contribution in [2.24, 2.45) is 0 Å². The molecule has 1 aromatic carbocycles. The minimum atomic E-state index is 0.0653. The number of aromatic nitrogens is 2. The molecule has 0 unspecified atom stereocenters. The van der Waals surface area contributed by atoms with Gasteiger partial charge in [0.15, 0.2) is 0 Å². The molecular weight excluding hydrogens is 414 g/mol. The summed E-state index contributed by atoms with van der Waals surface area (Å²) >= 11 is 1.36. The van der Waals surface area contributed by atoms with E-state index in [4.69, 9.17) is 9.72 Å². The SMILES string of the molecule is COCCN(CCC(=O)N1CCN(C(C)=O)CC1)c1nc(Cc2ccc(C)cc2)ns1. The molecular formula is C22H31N5O3S. The third kappa shape index (κ3) is 6.73. The van der Waals surface area contributed by atoms with Crippen molar-refractivity contribution >= 4 is 28.5 Å². The number of piperazine rings is 1. The zero-order chi connectivity index (χ0) is 22.2. The number of anilines is 1. The van der Waals surface area contributed by atoms with E-state index < -0.39 is 0 Å². The van der Waals surface area contributed by atoms with Crippen LogP contribution in [0.3, 0.4) is 0 Å². The van der Waals surface area contributed by atoms with Crippen LogP contribution in [0.25, 0.3) is 0 Å². The van der Waals surface area contributed by atoms with Gasteiger partial charge in [-0.25, -0.2) is 4.98 Å². The normalized spacial score (nSPS) is 14.0. The molecule has 1 fully saturated rings. The van der Waals surface area contributed by atoms with Gasteiger partial charge in [0.05, 0.1) is 6.61 Å². The van der Waals surface area contributed by atoms with Gasteiger partial charge in [-0.1, -0.05) is 29.8 Å². The zero-order valence-corrected chi connectivity index (χ0v) is 19.4. The molecule has 1 aromatic heterocycles. The Kier molecular flexibility index (Phi) is 8.36. The number of aryl methyl sites for hydroxylation is 1. The van der Waals surface area contributed by atoms with Crippen molar-refractivity contribution in [3.05, 3.63) is 41.2 Å². The van der Waals surface area contributed by atoms with Crippen molar-refractivity contribution in [3.63, 3.8) is 0 Å². The fourth-order valence-electron chi connectivity index (χ4n) is 3.50. The molecule has 0 atom stereocenters. The first-order valence-electron chi connectivity index (χ1n) is 10.6. The van der Waals surface area contributed by atoms with Gasteiger partial charge in [0.25, 0.3) is 0 Å². The van der Waals surface area contributed by atoms with Crippen molar-refractivity contribution in [3.8, 4) is 0 Å². The second-order valence-electron chi connectivity index (χ2n) is 7.77. The molecule has 2 heterocycles. The first kappa shape index (κ1) is 23.1. The summed E-state index contributed by atoms with van der Waals surface area (Å²) in [6.45, 7) is 7.81. The quantitative estimate of drug-likeness (QED) is 0.587. The van der Waals surface area contributed by atoms with Gasteiger partial charge in [-0.15, -0.1) is 0 Å². The number of methoxy groups -OCH3 is 1. The Morgan fingerprint density at radius 3 is 2.42 bits per heavy atom. The van der Waals surface area contributed by atoms with E-state index in [1.165, 1.54) is 22.7 Å². The minimum absolute atomic E-state index is 0.0653. The highest BCUT2D eigenvalue weighted by Gasteiger charge is 2.23. The van der Waals surface area contributed by atoms with Crippen LogP contribution in [0.5, 0.6) is 0 Å².